The molecular weight excluding hydrogens is 214 g/mol. The van der Waals surface area contributed by atoms with E-state index < -0.39 is 18.6 Å². The van der Waals surface area contributed by atoms with E-state index in [0.29, 0.717) is 5.56 Å². The highest BCUT2D eigenvalue weighted by Crippen LogP contribution is 2.25. The molecule has 3 N–H and O–H groups in total. The van der Waals surface area contributed by atoms with E-state index >= 15 is 0 Å². The van der Waals surface area contributed by atoms with Gasteiger partial charge in [0.2, 0.25) is 0 Å². The van der Waals surface area contributed by atoms with Crippen LogP contribution >= 0.6 is 0 Å². The van der Waals surface area contributed by atoms with E-state index in [-0.39, 0.29) is 11.5 Å². The average molecular weight is 225 g/mol. The van der Waals surface area contributed by atoms with Crippen molar-refractivity contribution in [1.29, 1.82) is 0 Å². The number of carboxylic acids is 1. The lowest BCUT2D eigenvalue weighted by molar-refractivity contribution is -0.135. The molecule has 0 aromatic heterocycles. The number of hydrogen-bond acceptors (Lipinski definition) is 4. The zero-order chi connectivity index (χ0) is 12.1. The summed E-state index contributed by atoms with van der Waals surface area (Å²) in [7, 11) is 0. The van der Waals surface area contributed by atoms with Crippen molar-refractivity contribution in [3.8, 4) is 11.5 Å². The molecule has 0 heterocycles. The molecule has 0 spiro atoms. The second kappa shape index (κ2) is 5.01. The molecule has 16 heavy (non-hydrogen) atoms. The van der Waals surface area contributed by atoms with E-state index in [2.05, 4.69) is 0 Å². The Labute approximate surface area is 91.5 Å². The SMILES string of the molecule is Cc1c(O)cccc1OC(=O)NCC(=O)O. The van der Waals surface area contributed by atoms with Crippen LogP contribution in [0.1, 0.15) is 5.56 Å². The molecule has 0 radical (unpaired) electrons. The van der Waals surface area contributed by atoms with Gasteiger partial charge in [-0.2, -0.15) is 0 Å². The summed E-state index contributed by atoms with van der Waals surface area (Å²) in [6.07, 6.45) is -0.879. The van der Waals surface area contributed by atoms with Crippen LogP contribution in [0.25, 0.3) is 0 Å². The first-order chi connectivity index (χ1) is 7.50. The number of hydrogen-bond donors (Lipinski definition) is 3. The number of ether oxygens (including phenoxy) is 1. The van der Waals surface area contributed by atoms with E-state index in [0.717, 1.165) is 0 Å². The zero-order valence-corrected chi connectivity index (χ0v) is 8.56. The van der Waals surface area contributed by atoms with Crippen molar-refractivity contribution in [2.75, 3.05) is 6.54 Å². The van der Waals surface area contributed by atoms with Crippen molar-refractivity contribution in [1.82, 2.24) is 5.32 Å². The summed E-state index contributed by atoms with van der Waals surface area (Å²) >= 11 is 0. The maximum atomic E-state index is 11.1. The summed E-state index contributed by atoms with van der Waals surface area (Å²) in [5.74, 6) is -0.976. The van der Waals surface area contributed by atoms with Gasteiger partial charge >= 0.3 is 12.1 Å². The van der Waals surface area contributed by atoms with E-state index in [9.17, 15) is 14.7 Å². The number of amides is 1. The third-order valence-electron chi connectivity index (χ3n) is 1.84. The fraction of sp³-hybridized carbons (Fsp3) is 0.200. The van der Waals surface area contributed by atoms with Crippen molar-refractivity contribution in [2.24, 2.45) is 0 Å². The maximum absolute atomic E-state index is 11.1. The van der Waals surface area contributed by atoms with Gasteiger partial charge in [0.1, 0.15) is 18.0 Å². The lowest BCUT2D eigenvalue weighted by Gasteiger charge is -2.08. The minimum absolute atomic E-state index is 0.00327. The van der Waals surface area contributed by atoms with Crippen molar-refractivity contribution < 1.29 is 24.5 Å². The molecule has 0 aliphatic heterocycles. The maximum Gasteiger partial charge on any atom is 0.413 e. The number of aromatic hydroxyl groups is 1. The molecule has 1 rings (SSSR count). The molecule has 1 aromatic carbocycles. The van der Waals surface area contributed by atoms with Crippen LogP contribution in [-0.2, 0) is 4.79 Å². The van der Waals surface area contributed by atoms with Crippen LogP contribution in [0.3, 0.4) is 0 Å². The van der Waals surface area contributed by atoms with Gasteiger partial charge in [-0.15, -0.1) is 0 Å². The van der Waals surface area contributed by atoms with E-state index in [1.165, 1.54) is 18.2 Å². The topological polar surface area (TPSA) is 95.9 Å². The first-order valence-electron chi connectivity index (χ1n) is 4.46. The first-order valence-corrected chi connectivity index (χ1v) is 4.46. The van der Waals surface area contributed by atoms with Crippen molar-refractivity contribution in [3.63, 3.8) is 0 Å². The number of carbonyl (C=O) groups excluding carboxylic acids is 1. The highest BCUT2D eigenvalue weighted by molar-refractivity contribution is 5.78. The lowest BCUT2D eigenvalue weighted by Crippen LogP contribution is -2.31. The fourth-order valence-electron chi connectivity index (χ4n) is 0.997. The van der Waals surface area contributed by atoms with E-state index in [1.54, 1.807) is 6.92 Å². The Kier molecular flexibility index (Phi) is 3.71. The summed E-state index contributed by atoms with van der Waals surface area (Å²) in [6, 6.07) is 4.47. The monoisotopic (exact) mass is 225 g/mol. The molecule has 6 heteroatoms. The van der Waals surface area contributed by atoms with Crippen LogP contribution in [0.4, 0.5) is 4.79 Å². The molecule has 1 amide bonds. The van der Waals surface area contributed by atoms with Gasteiger partial charge in [0.25, 0.3) is 0 Å². The van der Waals surface area contributed by atoms with Gasteiger partial charge in [-0.25, -0.2) is 4.79 Å². The summed E-state index contributed by atoms with van der Waals surface area (Å²) < 4.78 is 4.80. The molecule has 0 unspecified atom stereocenters. The van der Waals surface area contributed by atoms with Crippen LogP contribution in [0.15, 0.2) is 18.2 Å². The highest BCUT2D eigenvalue weighted by Gasteiger charge is 2.09. The first kappa shape index (κ1) is 11.8. The van der Waals surface area contributed by atoms with Crippen LogP contribution in [0.5, 0.6) is 11.5 Å². The van der Waals surface area contributed by atoms with E-state index in [4.69, 9.17) is 9.84 Å². The Morgan fingerprint density at radius 1 is 1.44 bits per heavy atom. The van der Waals surface area contributed by atoms with Gasteiger partial charge in [-0.1, -0.05) is 6.07 Å². The van der Waals surface area contributed by atoms with E-state index in [1.807, 2.05) is 5.32 Å². The Morgan fingerprint density at radius 3 is 2.75 bits per heavy atom. The number of nitrogens with one attached hydrogen (secondary N) is 1. The molecule has 0 saturated heterocycles. The van der Waals surface area contributed by atoms with Gasteiger partial charge in [0.05, 0.1) is 0 Å². The van der Waals surface area contributed by atoms with Gasteiger partial charge < -0.3 is 20.3 Å². The fourth-order valence-corrected chi connectivity index (χ4v) is 0.997. The summed E-state index contributed by atoms with van der Waals surface area (Å²) in [5.41, 5.74) is 0.410. The molecule has 0 bridgehead atoms. The zero-order valence-electron chi connectivity index (χ0n) is 8.56. The van der Waals surface area contributed by atoms with Gasteiger partial charge in [0.15, 0.2) is 0 Å². The molecule has 0 fully saturated rings. The summed E-state index contributed by atoms with van der Waals surface area (Å²) in [4.78, 5) is 21.3. The number of carbonyl (C=O) groups is 2. The largest absolute Gasteiger partial charge is 0.508 e. The number of phenolic OH excluding ortho intramolecular Hbond substituents is 1. The van der Waals surface area contributed by atoms with Crippen LogP contribution in [-0.4, -0.2) is 28.8 Å². The highest BCUT2D eigenvalue weighted by atomic mass is 16.6. The minimum Gasteiger partial charge on any atom is -0.508 e. The Morgan fingerprint density at radius 2 is 2.12 bits per heavy atom. The van der Waals surface area contributed by atoms with Gasteiger partial charge in [-0.05, 0) is 19.1 Å². The molecule has 0 saturated carbocycles. The Bertz CT molecular complexity index is 416. The minimum atomic E-state index is -1.16. The second-order valence-corrected chi connectivity index (χ2v) is 3.04. The summed E-state index contributed by atoms with van der Waals surface area (Å²) in [5, 5.41) is 19.7. The van der Waals surface area contributed by atoms with Crippen molar-refractivity contribution in [2.45, 2.75) is 6.92 Å². The van der Waals surface area contributed by atoms with Gasteiger partial charge in [0, 0.05) is 5.56 Å². The van der Waals surface area contributed by atoms with Crippen molar-refractivity contribution >= 4 is 12.1 Å². The number of carboxylic acid groups (broad SMARTS) is 1. The normalized spacial score (nSPS) is 9.56. The third-order valence-corrected chi connectivity index (χ3v) is 1.84. The number of aliphatic carboxylic acids is 1. The lowest BCUT2D eigenvalue weighted by atomic mass is 10.2. The molecule has 0 aliphatic rings. The van der Waals surface area contributed by atoms with Gasteiger partial charge in [-0.3, -0.25) is 4.79 Å². The molecular formula is C10H11NO5. The average Bonchev–Trinajstić information content (AvgIpc) is 2.22. The quantitative estimate of drug-likeness (QED) is 0.709. The predicted molar refractivity (Wildman–Crippen MR) is 54.5 cm³/mol. The third kappa shape index (κ3) is 3.16. The molecule has 6 nitrogen and oxygen atoms in total. The number of phenols is 1. The Balaban J connectivity index is 2.63. The standard InChI is InChI=1S/C10H11NO5/c1-6-7(12)3-2-4-8(6)16-10(15)11-5-9(13)14/h2-4,12H,5H2,1H3,(H,11,15)(H,13,14). The molecule has 0 aliphatic carbocycles. The van der Waals surface area contributed by atoms with Crippen LogP contribution < -0.4 is 10.1 Å². The van der Waals surface area contributed by atoms with Crippen molar-refractivity contribution in [3.05, 3.63) is 23.8 Å². The Hall–Kier alpha value is -2.24. The molecule has 1 aromatic rings. The molecule has 0 atom stereocenters. The predicted octanol–water partition coefficient (Wildman–Crippen LogP) is 0.874. The molecule has 86 valence electrons. The van der Waals surface area contributed by atoms with Crippen LogP contribution in [0.2, 0.25) is 0 Å². The second-order valence-electron chi connectivity index (χ2n) is 3.04. The number of rotatable bonds is 3. The summed E-state index contributed by atoms with van der Waals surface area (Å²) in [6.45, 7) is 1.06. The van der Waals surface area contributed by atoms with Crippen LogP contribution in [0, 0.1) is 6.92 Å². The number of benzene rings is 1. The smallest absolute Gasteiger partial charge is 0.413 e.